The molecule has 0 aliphatic heterocycles. The monoisotopic (exact) mass is 200 g/mol. The second-order valence-electron chi connectivity index (χ2n) is 2.67. The number of ether oxygens (including phenoxy) is 2. The SMILES string of the molecule is CCc1cc(OC)c(Cl)c(OC)c1. The summed E-state index contributed by atoms with van der Waals surface area (Å²) in [6.45, 7) is 2.07. The highest BCUT2D eigenvalue weighted by Gasteiger charge is 2.08. The van der Waals surface area contributed by atoms with Crippen LogP contribution in [0.5, 0.6) is 11.5 Å². The second-order valence-corrected chi connectivity index (χ2v) is 3.05. The van der Waals surface area contributed by atoms with Crippen LogP contribution in [0.2, 0.25) is 5.02 Å². The second kappa shape index (κ2) is 4.38. The van der Waals surface area contributed by atoms with Gasteiger partial charge in [-0.25, -0.2) is 0 Å². The molecule has 3 heteroatoms. The highest BCUT2D eigenvalue weighted by atomic mass is 35.5. The lowest BCUT2D eigenvalue weighted by molar-refractivity contribution is 0.394. The number of hydrogen-bond donors (Lipinski definition) is 0. The van der Waals surface area contributed by atoms with E-state index < -0.39 is 0 Å². The molecule has 0 radical (unpaired) electrons. The lowest BCUT2D eigenvalue weighted by Gasteiger charge is -2.09. The average Bonchev–Trinajstić information content (AvgIpc) is 2.18. The predicted molar refractivity (Wildman–Crippen MR) is 53.9 cm³/mol. The van der Waals surface area contributed by atoms with Gasteiger partial charge in [0.05, 0.1) is 14.2 Å². The standard InChI is InChI=1S/C10H13ClO2/c1-4-7-5-8(12-2)10(11)9(6-7)13-3/h5-6H,4H2,1-3H3. The van der Waals surface area contributed by atoms with Crippen LogP contribution in [0.4, 0.5) is 0 Å². The van der Waals surface area contributed by atoms with Gasteiger partial charge in [0.2, 0.25) is 0 Å². The third kappa shape index (κ3) is 2.07. The Hall–Kier alpha value is -0.890. The molecule has 1 aromatic rings. The molecule has 0 unspecified atom stereocenters. The Kier molecular flexibility index (Phi) is 3.43. The molecule has 0 aliphatic rings. The summed E-state index contributed by atoms with van der Waals surface area (Å²) in [6.07, 6.45) is 0.934. The van der Waals surface area contributed by atoms with Crippen molar-refractivity contribution in [2.45, 2.75) is 13.3 Å². The molecule has 0 N–H and O–H groups in total. The smallest absolute Gasteiger partial charge is 0.141 e. The average molecular weight is 201 g/mol. The van der Waals surface area contributed by atoms with E-state index in [1.807, 2.05) is 12.1 Å². The van der Waals surface area contributed by atoms with E-state index in [1.54, 1.807) is 14.2 Å². The first-order valence-electron chi connectivity index (χ1n) is 4.13. The van der Waals surface area contributed by atoms with Crippen molar-refractivity contribution < 1.29 is 9.47 Å². The molecule has 1 aromatic carbocycles. The van der Waals surface area contributed by atoms with Crippen molar-refractivity contribution in [2.24, 2.45) is 0 Å². The van der Waals surface area contributed by atoms with Gasteiger partial charge in [0.1, 0.15) is 16.5 Å². The van der Waals surface area contributed by atoms with Crippen LogP contribution in [0.15, 0.2) is 12.1 Å². The van der Waals surface area contributed by atoms with E-state index in [0.717, 1.165) is 12.0 Å². The van der Waals surface area contributed by atoms with E-state index in [1.165, 1.54) is 0 Å². The first kappa shape index (κ1) is 10.2. The molecule has 0 atom stereocenters. The molecule has 0 heterocycles. The van der Waals surface area contributed by atoms with Crippen molar-refractivity contribution >= 4 is 11.6 Å². The third-order valence-electron chi connectivity index (χ3n) is 1.91. The molecule has 13 heavy (non-hydrogen) atoms. The molecule has 1 rings (SSSR count). The van der Waals surface area contributed by atoms with Gasteiger partial charge in [-0.3, -0.25) is 0 Å². The largest absolute Gasteiger partial charge is 0.495 e. The Labute approximate surface area is 83.4 Å². The van der Waals surface area contributed by atoms with Gasteiger partial charge in [-0.1, -0.05) is 18.5 Å². The van der Waals surface area contributed by atoms with Gasteiger partial charge in [0, 0.05) is 0 Å². The summed E-state index contributed by atoms with van der Waals surface area (Å²) in [7, 11) is 3.19. The maximum atomic E-state index is 5.99. The van der Waals surface area contributed by atoms with E-state index in [-0.39, 0.29) is 0 Å². The quantitative estimate of drug-likeness (QED) is 0.747. The zero-order valence-electron chi connectivity index (χ0n) is 8.06. The third-order valence-corrected chi connectivity index (χ3v) is 2.29. The minimum absolute atomic E-state index is 0.530. The molecular weight excluding hydrogens is 188 g/mol. The van der Waals surface area contributed by atoms with Crippen LogP contribution in [0.3, 0.4) is 0 Å². The summed E-state index contributed by atoms with van der Waals surface area (Å²) in [6, 6.07) is 3.84. The minimum atomic E-state index is 0.530. The van der Waals surface area contributed by atoms with Crippen LogP contribution in [-0.2, 0) is 6.42 Å². The molecule has 0 fully saturated rings. The maximum Gasteiger partial charge on any atom is 0.141 e. The Morgan fingerprint density at radius 3 is 1.92 bits per heavy atom. The lowest BCUT2D eigenvalue weighted by Crippen LogP contribution is -1.92. The van der Waals surface area contributed by atoms with Crippen LogP contribution in [0.25, 0.3) is 0 Å². The van der Waals surface area contributed by atoms with Gasteiger partial charge in [0.15, 0.2) is 0 Å². The first-order chi connectivity index (χ1) is 6.22. The molecule has 0 aromatic heterocycles. The summed E-state index contributed by atoms with van der Waals surface area (Å²) < 4.78 is 10.2. The van der Waals surface area contributed by atoms with E-state index in [9.17, 15) is 0 Å². The van der Waals surface area contributed by atoms with Crippen LogP contribution in [-0.4, -0.2) is 14.2 Å². The van der Waals surface area contributed by atoms with Crippen LogP contribution in [0, 0.1) is 0 Å². The Morgan fingerprint density at radius 2 is 1.62 bits per heavy atom. The molecule has 72 valence electrons. The van der Waals surface area contributed by atoms with E-state index in [4.69, 9.17) is 21.1 Å². The molecule has 2 nitrogen and oxygen atoms in total. The topological polar surface area (TPSA) is 18.5 Å². The zero-order chi connectivity index (χ0) is 9.84. The first-order valence-corrected chi connectivity index (χ1v) is 4.51. The molecule has 0 saturated carbocycles. The summed E-state index contributed by atoms with van der Waals surface area (Å²) >= 11 is 5.99. The van der Waals surface area contributed by atoms with Crippen molar-refractivity contribution in [3.05, 3.63) is 22.7 Å². The molecular formula is C10H13ClO2. The minimum Gasteiger partial charge on any atom is -0.495 e. The van der Waals surface area contributed by atoms with E-state index >= 15 is 0 Å². The van der Waals surface area contributed by atoms with E-state index in [0.29, 0.717) is 16.5 Å². The van der Waals surface area contributed by atoms with Crippen molar-refractivity contribution in [3.63, 3.8) is 0 Å². The fourth-order valence-corrected chi connectivity index (χ4v) is 1.39. The highest BCUT2D eigenvalue weighted by molar-refractivity contribution is 6.33. The highest BCUT2D eigenvalue weighted by Crippen LogP contribution is 2.35. The summed E-state index contributed by atoms with van der Waals surface area (Å²) in [5.41, 5.74) is 1.15. The summed E-state index contributed by atoms with van der Waals surface area (Å²) in [4.78, 5) is 0. The number of hydrogen-bond acceptors (Lipinski definition) is 2. The Morgan fingerprint density at radius 1 is 1.15 bits per heavy atom. The molecule has 0 saturated heterocycles. The van der Waals surface area contributed by atoms with Gasteiger partial charge in [-0.2, -0.15) is 0 Å². The zero-order valence-corrected chi connectivity index (χ0v) is 8.81. The van der Waals surface area contributed by atoms with Crippen molar-refractivity contribution in [2.75, 3.05) is 14.2 Å². The fourth-order valence-electron chi connectivity index (χ4n) is 1.13. The number of rotatable bonds is 3. The fraction of sp³-hybridized carbons (Fsp3) is 0.400. The van der Waals surface area contributed by atoms with Gasteiger partial charge >= 0.3 is 0 Å². The number of halogens is 1. The summed E-state index contributed by atoms with van der Waals surface area (Å²) in [5.74, 6) is 1.33. The van der Waals surface area contributed by atoms with Gasteiger partial charge in [-0.15, -0.1) is 0 Å². The normalized spacial score (nSPS) is 9.85. The van der Waals surface area contributed by atoms with Gasteiger partial charge in [0.25, 0.3) is 0 Å². The van der Waals surface area contributed by atoms with Crippen molar-refractivity contribution in [3.8, 4) is 11.5 Å². The van der Waals surface area contributed by atoms with Crippen LogP contribution in [0.1, 0.15) is 12.5 Å². The molecule has 0 aliphatic carbocycles. The van der Waals surface area contributed by atoms with Crippen molar-refractivity contribution in [1.29, 1.82) is 0 Å². The van der Waals surface area contributed by atoms with Crippen LogP contribution >= 0.6 is 11.6 Å². The number of aryl methyl sites for hydroxylation is 1. The predicted octanol–water partition coefficient (Wildman–Crippen LogP) is 2.92. The molecule has 0 spiro atoms. The van der Waals surface area contributed by atoms with Crippen molar-refractivity contribution in [1.82, 2.24) is 0 Å². The molecule has 0 amide bonds. The maximum absolute atomic E-state index is 5.99. The molecule has 0 bridgehead atoms. The van der Waals surface area contributed by atoms with E-state index in [2.05, 4.69) is 6.92 Å². The van der Waals surface area contributed by atoms with Crippen LogP contribution < -0.4 is 9.47 Å². The Balaban J connectivity index is 3.20. The van der Waals surface area contributed by atoms with Gasteiger partial charge in [-0.05, 0) is 24.1 Å². The lowest BCUT2D eigenvalue weighted by atomic mass is 10.1. The number of methoxy groups -OCH3 is 2. The Bertz CT molecular complexity index is 272. The number of benzene rings is 1. The van der Waals surface area contributed by atoms with Gasteiger partial charge < -0.3 is 9.47 Å². The summed E-state index contributed by atoms with van der Waals surface area (Å²) in [5, 5.41) is 0.530.